The minimum atomic E-state index is -0.737. The summed E-state index contributed by atoms with van der Waals surface area (Å²) >= 11 is 0. The molecule has 0 unspecified atom stereocenters. The zero-order chi connectivity index (χ0) is 24.5. The van der Waals surface area contributed by atoms with Crippen LogP contribution >= 0.6 is 0 Å². The number of anilines is 2. The van der Waals surface area contributed by atoms with Gasteiger partial charge in [0.05, 0.1) is 7.11 Å². The van der Waals surface area contributed by atoms with Crippen LogP contribution in [0.15, 0.2) is 24.8 Å². The van der Waals surface area contributed by atoms with E-state index >= 15 is 0 Å². The number of unbranched alkanes of at least 4 members (excludes halogenated alkanes) is 1. The SMILES string of the molecule is C=CC(=O)NN(C(=O)OC(C)(C)C)c1cc(CCCC)c(N(C)CCN(C)C)cc1OC. The number of aryl methyl sites for hydroxylation is 1. The first kappa shape index (κ1) is 27.3. The number of carbonyl (C=O) groups is 2. The molecule has 0 fully saturated rings. The van der Waals surface area contributed by atoms with E-state index < -0.39 is 17.6 Å². The van der Waals surface area contributed by atoms with Gasteiger partial charge in [0, 0.05) is 31.9 Å². The van der Waals surface area contributed by atoms with Gasteiger partial charge < -0.3 is 19.3 Å². The second-order valence-electron chi connectivity index (χ2n) is 8.98. The van der Waals surface area contributed by atoms with Crippen molar-refractivity contribution in [2.24, 2.45) is 0 Å². The molecule has 0 aliphatic carbocycles. The van der Waals surface area contributed by atoms with Crippen molar-refractivity contribution in [3.63, 3.8) is 0 Å². The van der Waals surface area contributed by atoms with E-state index in [9.17, 15) is 9.59 Å². The number of hydrogen-bond donors (Lipinski definition) is 1. The molecule has 0 aliphatic rings. The van der Waals surface area contributed by atoms with Crippen molar-refractivity contribution in [3.8, 4) is 5.75 Å². The molecule has 1 aromatic carbocycles. The summed E-state index contributed by atoms with van der Waals surface area (Å²) in [7, 11) is 7.66. The van der Waals surface area contributed by atoms with E-state index in [0.717, 1.165) is 54.7 Å². The van der Waals surface area contributed by atoms with Gasteiger partial charge in [-0.25, -0.2) is 4.79 Å². The number of hydrazine groups is 1. The quantitative estimate of drug-likeness (QED) is 0.431. The first-order chi connectivity index (χ1) is 14.9. The molecule has 0 atom stereocenters. The van der Waals surface area contributed by atoms with Crippen LogP contribution in [-0.4, -0.2) is 63.8 Å². The van der Waals surface area contributed by atoms with E-state index in [-0.39, 0.29) is 0 Å². The number of benzene rings is 1. The van der Waals surface area contributed by atoms with Gasteiger partial charge >= 0.3 is 6.09 Å². The average molecular weight is 449 g/mol. The van der Waals surface area contributed by atoms with Crippen LogP contribution in [0, 0.1) is 0 Å². The lowest BCUT2D eigenvalue weighted by atomic mass is 10.0. The Morgan fingerprint density at radius 3 is 2.28 bits per heavy atom. The molecule has 32 heavy (non-hydrogen) atoms. The summed E-state index contributed by atoms with van der Waals surface area (Å²) in [5.41, 5.74) is 4.31. The fourth-order valence-electron chi connectivity index (χ4n) is 3.00. The summed E-state index contributed by atoms with van der Waals surface area (Å²) in [5, 5.41) is 1.09. The third-order valence-corrected chi connectivity index (χ3v) is 4.70. The van der Waals surface area contributed by atoms with Crippen molar-refractivity contribution in [2.75, 3.05) is 51.3 Å². The van der Waals surface area contributed by atoms with Crippen molar-refractivity contribution in [1.82, 2.24) is 10.3 Å². The summed E-state index contributed by atoms with van der Waals surface area (Å²) in [5.74, 6) is -0.0765. The van der Waals surface area contributed by atoms with E-state index in [1.165, 1.54) is 7.11 Å². The Morgan fingerprint density at radius 1 is 1.12 bits per heavy atom. The van der Waals surface area contributed by atoms with Crippen LogP contribution in [-0.2, 0) is 16.0 Å². The van der Waals surface area contributed by atoms with Crippen molar-refractivity contribution >= 4 is 23.4 Å². The van der Waals surface area contributed by atoms with Gasteiger partial charge in [0.15, 0.2) is 0 Å². The monoisotopic (exact) mass is 448 g/mol. The van der Waals surface area contributed by atoms with E-state index in [0.29, 0.717) is 11.4 Å². The van der Waals surface area contributed by atoms with Gasteiger partial charge in [-0.3, -0.25) is 10.2 Å². The Hall–Kier alpha value is -2.74. The Bertz CT molecular complexity index is 787. The number of amides is 2. The zero-order valence-corrected chi connectivity index (χ0v) is 20.9. The Labute approximate surface area is 193 Å². The summed E-state index contributed by atoms with van der Waals surface area (Å²) in [4.78, 5) is 29.4. The molecular formula is C24H40N4O4. The van der Waals surface area contributed by atoms with Crippen molar-refractivity contribution in [2.45, 2.75) is 52.6 Å². The number of methoxy groups -OCH3 is 1. The number of carbonyl (C=O) groups excluding carboxylic acids is 2. The summed E-state index contributed by atoms with van der Waals surface area (Å²) in [6.07, 6.45) is 3.25. The number of hydrogen-bond acceptors (Lipinski definition) is 6. The molecule has 0 saturated heterocycles. The third-order valence-electron chi connectivity index (χ3n) is 4.70. The smallest absolute Gasteiger partial charge is 0.434 e. The highest BCUT2D eigenvalue weighted by Gasteiger charge is 2.28. The van der Waals surface area contributed by atoms with Crippen LogP contribution in [0.25, 0.3) is 0 Å². The molecule has 1 aromatic rings. The molecule has 8 heteroatoms. The largest absolute Gasteiger partial charge is 0.494 e. The van der Waals surface area contributed by atoms with Gasteiger partial charge in [0.25, 0.3) is 5.91 Å². The van der Waals surface area contributed by atoms with E-state index in [1.807, 2.05) is 33.3 Å². The maximum absolute atomic E-state index is 13.0. The molecule has 180 valence electrons. The summed E-state index contributed by atoms with van der Waals surface area (Å²) in [6.45, 7) is 12.7. The van der Waals surface area contributed by atoms with Crippen LogP contribution < -0.4 is 20.1 Å². The Kier molecular flexibility index (Phi) is 10.5. The van der Waals surface area contributed by atoms with Crippen molar-refractivity contribution in [1.29, 1.82) is 0 Å². The van der Waals surface area contributed by atoms with E-state index in [1.54, 1.807) is 20.8 Å². The molecule has 0 spiro atoms. The molecule has 0 aliphatic heterocycles. The molecule has 1 rings (SSSR count). The maximum atomic E-state index is 13.0. The Morgan fingerprint density at radius 2 is 1.78 bits per heavy atom. The van der Waals surface area contributed by atoms with Crippen LogP contribution in [0.4, 0.5) is 16.2 Å². The number of nitrogens with one attached hydrogen (secondary N) is 1. The van der Waals surface area contributed by atoms with Crippen LogP contribution in [0.1, 0.15) is 46.1 Å². The summed E-state index contributed by atoms with van der Waals surface area (Å²) < 4.78 is 11.2. The van der Waals surface area contributed by atoms with Crippen LogP contribution in [0.3, 0.4) is 0 Å². The summed E-state index contributed by atoms with van der Waals surface area (Å²) in [6, 6.07) is 3.80. The highest BCUT2D eigenvalue weighted by Crippen LogP contribution is 2.36. The second kappa shape index (κ2) is 12.3. The minimum Gasteiger partial charge on any atom is -0.494 e. The number of rotatable bonds is 10. The average Bonchev–Trinajstić information content (AvgIpc) is 2.72. The minimum absolute atomic E-state index is 0.410. The number of nitrogens with zero attached hydrogens (tertiary/aromatic N) is 3. The normalized spacial score (nSPS) is 11.2. The van der Waals surface area contributed by atoms with Crippen molar-refractivity contribution in [3.05, 3.63) is 30.4 Å². The maximum Gasteiger partial charge on any atom is 0.434 e. The van der Waals surface area contributed by atoms with Gasteiger partial charge in [0.1, 0.15) is 17.0 Å². The molecule has 1 N–H and O–H groups in total. The highest BCUT2D eigenvalue weighted by molar-refractivity contribution is 5.97. The molecule has 2 amide bonds. The van der Waals surface area contributed by atoms with E-state index in [4.69, 9.17) is 9.47 Å². The van der Waals surface area contributed by atoms with Gasteiger partial charge in [0.2, 0.25) is 0 Å². The fourth-order valence-corrected chi connectivity index (χ4v) is 3.00. The highest BCUT2D eigenvalue weighted by atomic mass is 16.6. The molecule has 0 aromatic heterocycles. The Balaban J connectivity index is 3.54. The van der Waals surface area contributed by atoms with Gasteiger partial charge in [-0.1, -0.05) is 19.9 Å². The molecular weight excluding hydrogens is 408 g/mol. The predicted molar refractivity (Wildman–Crippen MR) is 130 cm³/mol. The van der Waals surface area contributed by atoms with E-state index in [2.05, 4.69) is 28.7 Å². The second-order valence-corrected chi connectivity index (χ2v) is 8.98. The number of ether oxygens (including phenoxy) is 2. The predicted octanol–water partition coefficient (Wildman–Crippen LogP) is 3.99. The third kappa shape index (κ3) is 8.42. The zero-order valence-electron chi connectivity index (χ0n) is 20.9. The lowest BCUT2D eigenvalue weighted by molar-refractivity contribution is -0.116. The molecule has 0 radical (unpaired) electrons. The van der Waals surface area contributed by atoms with Gasteiger partial charge in [-0.05, 0) is 65.4 Å². The van der Waals surface area contributed by atoms with Crippen LogP contribution in [0.2, 0.25) is 0 Å². The molecule has 0 heterocycles. The molecule has 0 bridgehead atoms. The lowest BCUT2D eigenvalue weighted by Crippen LogP contribution is -2.48. The van der Waals surface area contributed by atoms with Gasteiger partial charge in [-0.2, -0.15) is 5.01 Å². The first-order valence-electron chi connectivity index (χ1n) is 11.0. The first-order valence-corrected chi connectivity index (χ1v) is 11.0. The van der Waals surface area contributed by atoms with Crippen LogP contribution in [0.5, 0.6) is 5.75 Å². The molecule has 0 saturated carbocycles. The topological polar surface area (TPSA) is 74.4 Å². The lowest BCUT2D eigenvalue weighted by Gasteiger charge is -2.30. The molecule has 8 nitrogen and oxygen atoms in total. The fraction of sp³-hybridized carbons (Fsp3) is 0.583. The standard InChI is InChI=1S/C24H40N4O4/c1-10-12-13-18-16-20(21(31-9)17-19(18)27(8)15-14-26(6)7)28(25-22(29)11-2)23(30)32-24(3,4)5/h11,16-17H,2,10,12-15H2,1,3-9H3,(H,25,29). The van der Waals surface area contributed by atoms with Crippen molar-refractivity contribution < 1.29 is 19.1 Å². The van der Waals surface area contributed by atoms with Gasteiger partial charge in [-0.15, -0.1) is 0 Å². The number of likely N-dealkylation sites (N-methyl/N-ethyl adjacent to an activating group) is 2.